The number of aromatic nitrogens is 1. The molecular formula is C16H18Cl2FN3O. The third kappa shape index (κ3) is 3.99. The highest BCUT2D eigenvalue weighted by atomic mass is 35.5. The molecule has 1 aliphatic rings. The predicted molar refractivity (Wildman–Crippen MR) is 93.2 cm³/mol. The molecule has 1 aromatic heterocycles. The van der Waals surface area contributed by atoms with Crippen LogP contribution in [-0.2, 0) is 13.0 Å². The molecular weight excluding hydrogens is 340 g/mol. The van der Waals surface area contributed by atoms with Crippen LogP contribution in [0.3, 0.4) is 0 Å². The summed E-state index contributed by atoms with van der Waals surface area (Å²) in [6.07, 6.45) is 2.26. The van der Waals surface area contributed by atoms with Crippen molar-refractivity contribution in [2.75, 3.05) is 11.9 Å². The molecule has 3 rings (SSSR count). The lowest BCUT2D eigenvalue weighted by molar-refractivity contribution is 0.102. The summed E-state index contributed by atoms with van der Waals surface area (Å²) in [6.45, 7) is 3.18. The number of carbonyl (C=O) groups is 1. The number of halogens is 3. The Labute approximate surface area is 146 Å². The van der Waals surface area contributed by atoms with Crippen LogP contribution in [0.15, 0.2) is 30.5 Å². The van der Waals surface area contributed by atoms with E-state index in [-0.39, 0.29) is 42.2 Å². The average Bonchev–Trinajstić information content (AvgIpc) is 2.51. The minimum atomic E-state index is -0.339. The molecule has 2 heterocycles. The zero-order valence-electron chi connectivity index (χ0n) is 12.6. The fourth-order valence-electron chi connectivity index (χ4n) is 2.54. The Morgan fingerprint density at radius 1 is 1.30 bits per heavy atom. The van der Waals surface area contributed by atoms with Gasteiger partial charge in [-0.25, -0.2) is 4.39 Å². The van der Waals surface area contributed by atoms with E-state index in [1.165, 1.54) is 0 Å². The summed E-state index contributed by atoms with van der Waals surface area (Å²) in [6, 6.07) is 6.84. The van der Waals surface area contributed by atoms with Crippen LogP contribution in [0.4, 0.5) is 10.1 Å². The molecule has 7 heteroatoms. The van der Waals surface area contributed by atoms with E-state index in [0.717, 1.165) is 12.1 Å². The molecule has 124 valence electrons. The smallest absolute Gasteiger partial charge is 0.257 e. The summed E-state index contributed by atoms with van der Waals surface area (Å²) in [5.74, 6) is -0.669. The van der Waals surface area contributed by atoms with Crippen molar-refractivity contribution < 1.29 is 9.18 Å². The topological polar surface area (TPSA) is 54.0 Å². The standard InChI is InChI=1S/C16H16FN3O.2ClH/c1-10-12(3-2-7-19-10)16(21)20-14-5-4-11-9-18-8-6-13(11)15(14)17;;/h2-5,7,18H,6,8-9H2,1H3,(H,20,21);2*1H. The molecule has 0 saturated heterocycles. The number of anilines is 1. The number of rotatable bonds is 2. The van der Waals surface area contributed by atoms with Crippen molar-refractivity contribution in [1.82, 2.24) is 10.3 Å². The first-order chi connectivity index (χ1) is 10.2. The van der Waals surface area contributed by atoms with Gasteiger partial charge in [-0.1, -0.05) is 6.07 Å². The third-order valence-corrected chi connectivity index (χ3v) is 3.71. The lowest BCUT2D eigenvalue weighted by atomic mass is 9.99. The van der Waals surface area contributed by atoms with E-state index in [0.29, 0.717) is 29.8 Å². The van der Waals surface area contributed by atoms with Gasteiger partial charge in [0.15, 0.2) is 0 Å². The van der Waals surface area contributed by atoms with Gasteiger partial charge in [0, 0.05) is 18.4 Å². The molecule has 4 nitrogen and oxygen atoms in total. The number of aryl methyl sites for hydroxylation is 1. The SMILES string of the molecule is Cc1ncccc1C(=O)Nc1ccc2c(c1F)CCNC2.Cl.Cl. The highest BCUT2D eigenvalue weighted by Crippen LogP contribution is 2.25. The van der Waals surface area contributed by atoms with Crippen LogP contribution in [0, 0.1) is 12.7 Å². The van der Waals surface area contributed by atoms with E-state index in [9.17, 15) is 9.18 Å². The van der Waals surface area contributed by atoms with Crippen LogP contribution in [0.2, 0.25) is 0 Å². The van der Waals surface area contributed by atoms with Crippen LogP contribution in [0.5, 0.6) is 0 Å². The summed E-state index contributed by atoms with van der Waals surface area (Å²) in [5, 5.41) is 5.84. The van der Waals surface area contributed by atoms with Crippen molar-refractivity contribution in [1.29, 1.82) is 0 Å². The molecule has 0 saturated carbocycles. The molecule has 1 aromatic carbocycles. The van der Waals surface area contributed by atoms with E-state index >= 15 is 0 Å². The van der Waals surface area contributed by atoms with Gasteiger partial charge in [0.25, 0.3) is 5.91 Å². The second kappa shape index (κ2) is 8.24. The van der Waals surface area contributed by atoms with E-state index in [4.69, 9.17) is 0 Å². The molecule has 23 heavy (non-hydrogen) atoms. The van der Waals surface area contributed by atoms with Gasteiger partial charge in [0.1, 0.15) is 5.82 Å². The molecule has 0 spiro atoms. The number of fused-ring (bicyclic) bond motifs is 1. The zero-order chi connectivity index (χ0) is 14.8. The van der Waals surface area contributed by atoms with E-state index in [1.54, 1.807) is 31.3 Å². The molecule has 2 aromatic rings. The van der Waals surface area contributed by atoms with Gasteiger partial charge in [-0.05, 0) is 49.2 Å². The maximum Gasteiger partial charge on any atom is 0.257 e. The molecule has 0 radical (unpaired) electrons. The fourth-order valence-corrected chi connectivity index (χ4v) is 2.54. The maximum atomic E-state index is 14.5. The van der Waals surface area contributed by atoms with E-state index in [1.807, 2.05) is 6.07 Å². The molecule has 1 amide bonds. The van der Waals surface area contributed by atoms with Crippen molar-refractivity contribution in [3.63, 3.8) is 0 Å². The first-order valence-corrected chi connectivity index (χ1v) is 6.91. The van der Waals surface area contributed by atoms with E-state index < -0.39 is 0 Å². The van der Waals surface area contributed by atoms with Crippen LogP contribution in [0.25, 0.3) is 0 Å². The first kappa shape index (κ1) is 19.4. The van der Waals surface area contributed by atoms with Crippen molar-refractivity contribution in [3.05, 3.63) is 58.7 Å². The first-order valence-electron chi connectivity index (χ1n) is 6.91. The Hall–Kier alpha value is -1.69. The Kier molecular flexibility index (Phi) is 6.94. The molecule has 0 fully saturated rings. The molecule has 0 unspecified atom stereocenters. The van der Waals surface area contributed by atoms with Gasteiger partial charge >= 0.3 is 0 Å². The van der Waals surface area contributed by atoms with Crippen LogP contribution in [-0.4, -0.2) is 17.4 Å². The number of hydrogen-bond acceptors (Lipinski definition) is 3. The van der Waals surface area contributed by atoms with E-state index in [2.05, 4.69) is 15.6 Å². The quantitative estimate of drug-likeness (QED) is 0.867. The minimum Gasteiger partial charge on any atom is -0.319 e. The molecule has 0 bridgehead atoms. The van der Waals surface area contributed by atoms with Gasteiger partial charge in [-0.15, -0.1) is 24.8 Å². The van der Waals surface area contributed by atoms with Crippen molar-refractivity contribution in [2.24, 2.45) is 0 Å². The molecule has 0 atom stereocenters. The number of benzene rings is 1. The molecule has 2 N–H and O–H groups in total. The van der Waals surface area contributed by atoms with Gasteiger partial charge in [-0.2, -0.15) is 0 Å². The van der Waals surface area contributed by atoms with Gasteiger partial charge in [0.05, 0.1) is 11.3 Å². The predicted octanol–water partition coefficient (Wildman–Crippen LogP) is 3.27. The molecule has 1 aliphatic heterocycles. The van der Waals surface area contributed by atoms with Gasteiger partial charge < -0.3 is 10.6 Å². The number of hydrogen-bond donors (Lipinski definition) is 2. The normalized spacial score (nSPS) is 12.4. The maximum absolute atomic E-state index is 14.5. The number of nitrogens with zero attached hydrogens (tertiary/aromatic N) is 1. The van der Waals surface area contributed by atoms with Crippen molar-refractivity contribution in [3.8, 4) is 0 Å². The number of carbonyl (C=O) groups excluding carboxylic acids is 1. The van der Waals surface area contributed by atoms with Gasteiger partial charge in [-0.3, -0.25) is 9.78 Å². The highest BCUT2D eigenvalue weighted by Gasteiger charge is 2.18. The summed E-state index contributed by atoms with van der Waals surface area (Å²) in [4.78, 5) is 16.3. The lowest BCUT2D eigenvalue weighted by Gasteiger charge is -2.19. The Bertz CT molecular complexity index is 710. The summed E-state index contributed by atoms with van der Waals surface area (Å²) in [5.41, 5.74) is 2.95. The van der Waals surface area contributed by atoms with Gasteiger partial charge in [0.2, 0.25) is 0 Å². The second-order valence-electron chi connectivity index (χ2n) is 5.08. The summed E-state index contributed by atoms with van der Waals surface area (Å²) >= 11 is 0. The fraction of sp³-hybridized carbons (Fsp3) is 0.250. The largest absolute Gasteiger partial charge is 0.319 e. The minimum absolute atomic E-state index is 0. The Morgan fingerprint density at radius 3 is 2.83 bits per heavy atom. The number of nitrogens with one attached hydrogen (secondary N) is 2. The van der Waals surface area contributed by atoms with Crippen LogP contribution in [0.1, 0.15) is 27.2 Å². The average molecular weight is 358 g/mol. The summed E-state index contributed by atoms with van der Waals surface area (Å²) < 4.78 is 14.5. The monoisotopic (exact) mass is 357 g/mol. The Balaban J connectivity index is 0.00000132. The van der Waals surface area contributed by atoms with Crippen molar-refractivity contribution >= 4 is 36.4 Å². The number of pyridine rings is 1. The summed E-state index contributed by atoms with van der Waals surface area (Å²) in [7, 11) is 0. The number of amides is 1. The third-order valence-electron chi connectivity index (χ3n) is 3.71. The molecule has 0 aliphatic carbocycles. The second-order valence-corrected chi connectivity index (χ2v) is 5.08. The van der Waals surface area contributed by atoms with Crippen LogP contribution < -0.4 is 10.6 Å². The Morgan fingerprint density at radius 2 is 2.09 bits per heavy atom. The van der Waals surface area contributed by atoms with Crippen molar-refractivity contribution in [2.45, 2.75) is 19.9 Å². The highest BCUT2D eigenvalue weighted by molar-refractivity contribution is 6.05. The lowest BCUT2D eigenvalue weighted by Crippen LogP contribution is -2.25. The zero-order valence-corrected chi connectivity index (χ0v) is 14.2. The van der Waals surface area contributed by atoms with Crippen LogP contribution >= 0.6 is 24.8 Å².